The summed E-state index contributed by atoms with van der Waals surface area (Å²) in [5.74, 6) is -0.935. The van der Waals surface area contributed by atoms with Crippen molar-refractivity contribution in [1.29, 1.82) is 0 Å². The second-order valence-corrected chi connectivity index (χ2v) is 3.90. The van der Waals surface area contributed by atoms with E-state index in [0.29, 0.717) is 5.33 Å². The Balaban J connectivity index is 3.08. The van der Waals surface area contributed by atoms with Crippen molar-refractivity contribution in [2.75, 3.05) is 0 Å². The van der Waals surface area contributed by atoms with E-state index in [1.807, 2.05) is 6.92 Å². The number of thiazole rings is 1. The number of aromatic nitrogens is 1. The van der Waals surface area contributed by atoms with Gasteiger partial charge in [-0.15, -0.1) is 11.3 Å². The smallest absolute Gasteiger partial charge is 0.355 e. The SMILES string of the molecule is CCc1sc(CBr)nc1C(=O)O. The van der Waals surface area contributed by atoms with Crippen LogP contribution in [-0.4, -0.2) is 16.1 Å². The van der Waals surface area contributed by atoms with Crippen LogP contribution in [0.5, 0.6) is 0 Å². The van der Waals surface area contributed by atoms with Gasteiger partial charge in [0.15, 0.2) is 5.69 Å². The summed E-state index contributed by atoms with van der Waals surface area (Å²) < 4.78 is 0. The van der Waals surface area contributed by atoms with E-state index in [2.05, 4.69) is 20.9 Å². The normalized spacial score (nSPS) is 10.2. The third kappa shape index (κ3) is 1.84. The molecule has 0 saturated heterocycles. The lowest BCUT2D eigenvalue weighted by molar-refractivity contribution is 0.0690. The Hall–Kier alpha value is -0.420. The van der Waals surface area contributed by atoms with Gasteiger partial charge >= 0.3 is 5.97 Å². The molecule has 0 atom stereocenters. The van der Waals surface area contributed by atoms with Gasteiger partial charge in [-0.3, -0.25) is 0 Å². The highest BCUT2D eigenvalue weighted by molar-refractivity contribution is 9.08. The van der Waals surface area contributed by atoms with E-state index >= 15 is 0 Å². The molecule has 0 saturated carbocycles. The summed E-state index contributed by atoms with van der Waals surface area (Å²) in [5, 5.41) is 10.2. The Bertz CT molecular complexity index is 298. The Labute approximate surface area is 82.6 Å². The number of rotatable bonds is 3. The second-order valence-electron chi connectivity index (χ2n) is 2.17. The highest BCUT2D eigenvalue weighted by Crippen LogP contribution is 2.20. The molecule has 1 N–H and O–H groups in total. The maximum Gasteiger partial charge on any atom is 0.355 e. The number of aryl methyl sites for hydroxylation is 1. The first-order valence-corrected chi connectivity index (χ1v) is 5.40. The number of carboxylic acid groups (broad SMARTS) is 1. The molecule has 0 unspecified atom stereocenters. The zero-order valence-corrected chi connectivity index (χ0v) is 8.91. The van der Waals surface area contributed by atoms with E-state index in [9.17, 15) is 4.79 Å². The Morgan fingerprint density at radius 2 is 2.42 bits per heavy atom. The molecule has 1 aromatic heterocycles. The number of carboxylic acids is 1. The topological polar surface area (TPSA) is 50.2 Å². The summed E-state index contributed by atoms with van der Waals surface area (Å²) in [7, 11) is 0. The molecule has 0 aliphatic rings. The van der Waals surface area contributed by atoms with Crippen molar-refractivity contribution in [3.8, 4) is 0 Å². The molecule has 0 spiro atoms. The van der Waals surface area contributed by atoms with Crippen molar-refractivity contribution >= 4 is 33.2 Å². The van der Waals surface area contributed by atoms with Crippen LogP contribution in [0.2, 0.25) is 0 Å². The summed E-state index contributed by atoms with van der Waals surface area (Å²) in [4.78, 5) is 15.5. The number of aromatic carboxylic acids is 1. The molecule has 0 aromatic carbocycles. The number of hydrogen-bond donors (Lipinski definition) is 1. The molecule has 3 nitrogen and oxygen atoms in total. The average molecular weight is 250 g/mol. The number of halogens is 1. The van der Waals surface area contributed by atoms with Gasteiger partial charge in [-0.1, -0.05) is 22.9 Å². The Kier molecular flexibility index (Phi) is 3.22. The maximum atomic E-state index is 10.6. The molecular weight excluding hydrogens is 242 g/mol. The highest BCUT2D eigenvalue weighted by atomic mass is 79.9. The molecule has 0 aliphatic carbocycles. The summed E-state index contributed by atoms with van der Waals surface area (Å²) in [5.41, 5.74) is 0.206. The van der Waals surface area contributed by atoms with Gasteiger partial charge in [-0.2, -0.15) is 0 Å². The van der Waals surface area contributed by atoms with Gasteiger partial charge in [0.25, 0.3) is 0 Å². The predicted octanol–water partition coefficient (Wildman–Crippen LogP) is 2.30. The quantitative estimate of drug-likeness (QED) is 0.837. The van der Waals surface area contributed by atoms with E-state index in [4.69, 9.17) is 5.11 Å². The maximum absolute atomic E-state index is 10.6. The third-order valence-electron chi connectivity index (χ3n) is 1.38. The highest BCUT2D eigenvalue weighted by Gasteiger charge is 2.14. The van der Waals surface area contributed by atoms with Crippen LogP contribution >= 0.6 is 27.3 Å². The molecule has 12 heavy (non-hydrogen) atoms. The lowest BCUT2D eigenvalue weighted by Gasteiger charge is -1.89. The number of alkyl halides is 1. The third-order valence-corrected chi connectivity index (χ3v) is 3.48. The molecule has 66 valence electrons. The molecule has 0 radical (unpaired) electrons. The summed E-state index contributed by atoms with van der Waals surface area (Å²) >= 11 is 4.69. The van der Waals surface area contributed by atoms with Gasteiger partial charge < -0.3 is 5.11 Å². The fourth-order valence-electron chi connectivity index (χ4n) is 0.864. The van der Waals surface area contributed by atoms with Crippen LogP contribution < -0.4 is 0 Å². The van der Waals surface area contributed by atoms with Crippen molar-refractivity contribution in [3.05, 3.63) is 15.6 Å². The molecule has 0 fully saturated rings. The Morgan fingerprint density at radius 1 is 1.75 bits per heavy atom. The molecule has 1 rings (SSSR count). The van der Waals surface area contributed by atoms with Crippen molar-refractivity contribution < 1.29 is 9.90 Å². The second kappa shape index (κ2) is 4.00. The molecule has 1 aromatic rings. The minimum absolute atomic E-state index is 0.206. The van der Waals surface area contributed by atoms with Crippen molar-refractivity contribution in [2.45, 2.75) is 18.7 Å². The van der Waals surface area contributed by atoms with Crippen molar-refractivity contribution in [3.63, 3.8) is 0 Å². The zero-order valence-electron chi connectivity index (χ0n) is 6.50. The van der Waals surface area contributed by atoms with Crippen LogP contribution in [0, 0.1) is 0 Å². The average Bonchev–Trinajstić information content (AvgIpc) is 2.47. The van der Waals surface area contributed by atoms with Gasteiger partial charge in [0.05, 0.1) is 5.33 Å². The Morgan fingerprint density at radius 3 is 2.75 bits per heavy atom. The minimum Gasteiger partial charge on any atom is -0.476 e. The minimum atomic E-state index is -0.935. The standard InChI is InChI=1S/C7H8BrNO2S/c1-2-4-6(7(10)11)9-5(3-8)12-4/h2-3H2,1H3,(H,10,11). The van der Waals surface area contributed by atoms with Gasteiger partial charge in [0.1, 0.15) is 5.01 Å². The van der Waals surface area contributed by atoms with E-state index in [0.717, 1.165) is 16.3 Å². The van der Waals surface area contributed by atoms with E-state index in [1.54, 1.807) is 0 Å². The first kappa shape index (κ1) is 9.67. The van der Waals surface area contributed by atoms with E-state index in [1.165, 1.54) is 11.3 Å². The molecule has 0 bridgehead atoms. The van der Waals surface area contributed by atoms with Crippen LogP contribution in [0.3, 0.4) is 0 Å². The van der Waals surface area contributed by atoms with Crippen LogP contribution in [0.25, 0.3) is 0 Å². The first-order chi connectivity index (χ1) is 5.69. The lowest BCUT2D eigenvalue weighted by Crippen LogP contribution is -2.00. The zero-order chi connectivity index (χ0) is 9.14. The first-order valence-electron chi connectivity index (χ1n) is 3.46. The number of hydrogen-bond acceptors (Lipinski definition) is 3. The van der Waals surface area contributed by atoms with Gasteiger partial charge in [0.2, 0.25) is 0 Å². The van der Waals surface area contributed by atoms with Crippen LogP contribution in [0.1, 0.15) is 27.3 Å². The summed E-state index contributed by atoms with van der Waals surface area (Å²) in [6.45, 7) is 1.93. The van der Waals surface area contributed by atoms with Gasteiger partial charge in [-0.05, 0) is 6.42 Å². The molecule has 0 aliphatic heterocycles. The predicted molar refractivity (Wildman–Crippen MR) is 51.1 cm³/mol. The monoisotopic (exact) mass is 249 g/mol. The van der Waals surface area contributed by atoms with Crippen LogP contribution in [0.4, 0.5) is 0 Å². The largest absolute Gasteiger partial charge is 0.476 e. The fourth-order valence-corrected chi connectivity index (χ4v) is 2.18. The van der Waals surface area contributed by atoms with Gasteiger partial charge in [0, 0.05) is 4.88 Å². The molecule has 1 heterocycles. The van der Waals surface area contributed by atoms with E-state index < -0.39 is 5.97 Å². The van der Waals surface area contributed by atoms with E-state index in [-0.39, 0.29) is 5.69 Å². The van der Waals surface area contributed by atoms with Crippen molar-refractivity contribution in [1.82, 2.24) is 4.98 Å². The van der Waals surface area contributed by atoms with Gasteiger partial charge in [-0.25, -0.2) is 9.78 Å². The molecule has 5 heteroatoms. The van der Waals surface area contributed by atoms with Crippen molar-refractivity contribution in [2.24, 2.45) is 0 Å². The summed E-state index contributed by atoms with van der Waals surface area (Å²) in [6.07, 6.45) is 0.728. The summed E-state index contributed by atoms with van der Waals surface area (Å²) in [6, 6.07) is 0. The molecule has 0 amide bonds. The lowest BCUT2D eigenvalue weighted by atomic mass is 10.3. The number of carbonyl (C=O) groups is 1. The van der Waals surface area contributed by atoms with Crippen LogP contribution in [0.15, 0.2) is 0 Å². The number of nitrogens with zero attached hydrogens (tertiary/aromatic N) is 1. The van der Waals surface area contributed by atoms with Crippen LogP contribution in [-0.2, 0) is 11.8 Å². The fraction of sp³-hybridized carbons (Fsp3) is 0.429. The molecular formula is C7H8BrNO2S.